The molecule has 0 saturated heterocycles. The van der Waals surface area contributed by atoms with Gasteiger partial charge in [-0.1, -0.05) is 0 Å². The summed E-state index contributed by atoms with van der Waals surface area (Å²) in [5, 5.41) is 0.766. The molecule has 0 aliphatic carbocycles. The molecular weight excluding hydrogens is 142 g/mol. The van der Waals surface area contributed by atoms with E-state index < -0.39 is 0 Å². The SMILES string of the molecule is O=Cc1ncnc2[nH]ccc12. The smallest absolute Gasteiger partial charge is 0.169 e. The highest BCUT2D eigenvalue weighted by Crippen LogP contribution is 2.09. The van der Waals surface area contributed by atoms with Crippen molar-refractivity contribution in [3.05, 3.63) is 24.3 Å². The second kappa shape index (κ2) is 2.16. The van der Waals surface area contributed by atoms with Crippen molar-refractivity contribution in [3.8, 4) is 0 Å². The first kappa shape index (κ1) is 6.03. The molecule has 0 atom stereocenters. The fraction of sp³-hybridized carbons (Fsp3) is 0. The first-order valence-corrected chi connectivity index (χ1v) is 3.15. The summed E-state index contributed by atoms with van der Waals surface area (Å²) in [6.07, 6.45) is 3.81. The van der Waals surface area contributed by atoms with Crippen LogP contribution in [-0.4, -0.2) is 21.2 Å². The molecule has 0 radical (unpaired) electrons. The normalized spacial score (nSPS) is 10.2. The molecule has 0 saturated carbocycles. The molecule has 0 amide bonds. The number of H-pyrrole nitrogens is 1. The van der Waals surface area contributed by atoms with Crippen molar-refractivity contribution in [2.75, 3.05) is 0 Å². The third-order valence-electron chi connectivity index (χ3n) is 1.50. The number of rotatable bonds is 1. The number of carbonyl (C=O) groups is 1. The second-order valence-electron chi connectivity index (χ2n) is 2.12. The zero-order valence-corrected chi connectivity index (χ0v) is 5.61. The van der Waals surface area contributed by atoms with E-state index in [0.29, 0.717) is 11.3 Å². The number of aromatic nitrogens is 3. The van der Waals surface area contributed by atoms with Crippen LogP contribution in [0.1, 0.15) is 10.5 Å². The summed E-state index contributed by atoms with van der Waals surface area (Å²) in [7, 11) is 0. The van der Waals surface area contributed by atoms with E-state index in [4.69, 9.17) is 0 Å². The molecule has 0 aromatic carbocycles. The van der Waals surface area contributed by atoms with Crippen LogP contribution in [0.5, 0.6) is 0 Å². The van der Waals surface area contributed by atoms with E-state index in [1.807, 2.05) is 0 Å². The van der Waals surface area contributed by atoms with E-state index >= 15 is 0 Å². The van der Waals surface area contributed by atoms with Crippen molar-refractivity contribution in [2.24, 2.45) is 0 Å². The molecule has 4 heteroatoms. The number of aromatic amines is 1. The van der Waals surface area contributed by atoms with Gasteiger partial charge in [-0.05, 0) is 6.07 Å². The maximum Gasteiger partial charge on any atom is 0.169 e. The van der Waals surface area contributed by atoms with Crippen LogP contribution in [0, 0.1) is 0 Å². The Morgan fingerprint density at radius 1 is 1.45 bits per heavy atom. The molecular formula is C7H5N3O. The second-order valence-corrected chi connectivity index (χ2v) is 2.12. The van der Waals surface area contributed by atoms with Crippen LogP contribution in [0.3, 0.4) is 0 Å². The zero-order valence-electron chi connectivity index (χ0n) is 5.61. The van der Waals surface area contributed by atoms with Gasteiger partial charge in [0.25, 0.3) is 0 Å². The molecule has 1 N–H and O–H groups in total. The highest BCUT2D eigenvalue weighted by atomic mass is 16.1. The fourth-order valence-corrected chi connectivity index (χ4v) is 0.986. The van der Waals surface area contributed by atoms with Gasteiger partial charge in [0, 0.05) is 11.6 Å². The molecule has 0 aliphatic heterocycles. The highest BCUT2D eigenvalue weighted by Gasteiger charge is 2.00. The van der Waals surface area contributed by atoms with Crippen LogP contribution in [0.4, 0.5) is 0 Å². The maximum atomic E-state index is 10.4. The molecule has 4 nitrogen and oxygen atoms in total. The van der Waals surface area contributed by atoms with Crippen molar-refractivity contribution in [1.82, 2.24) is 15.0 Å². The third-order valence-corrected chi connectivity index (χ3v) is 1.50. The average Bonchev–Trinajstić information content (AvgIpc) is 2.50. The Morgan fingerprint density at radius 3 is 3.18 bits per heavy atom. The van der Waals surface area contributed by atoms with Gasteiger partial charge < -0.3 is 4.98 Å². The van der Waals surface area contributed by atoms with Crippen molar-refractivity contribution >= 4 is 17.3 Å². The van der Waals surface area contributed by atoms with Crippen molar-refractivity contribution < 1.29 is 4.79 Å². The summed E-state index contributed by atoms with van der Waals surface area (Å²) in [5.74, 6) is 0. The average molecular weight is 147 g/mol. The molecule has 0 fully saturated rings. The number of aldehydes is 1. The summed E-state index contributed by atoms with van der Waals surface area (Å²) in [4.78, 5) is 21.0. The molecule has 0 aliphatic rings. The summed E-state index contributed by atoms with van der Waals surface area (Å²) >= 11 is 0. The van der Waals surface area contributed by atoms with Gasteiger partial charge in [0.1, 0.15) is 17.7 Å². The van der Waals surface area contributed by atoms with Gasteiger partial charge in [0.05, 0.1) is 0 Å². The summed E-state index contributed by atoms with van der Waals surface area (Å²) in [6, 6.07) is 1.78. The lowest BCUT2D eigenvalue weighted by atomic mass is 10.3. The Morgan fingerprint density at radius 2 is 2.36 bits per heavy atom. The highest BCUT2D eigenvalue weighted by molar-refractivity contribution is 5.92. The molecule has 0 unspecified atom stereocenters. The van der Waals surface area contributed by atoms with Crippen LogP contribution < -0.4 is 0 Å². The van der Waals surface area contributed by atoms with Gasteiger partial charge in [0.15, 0.2) is 6.29 Å². The molecule has 11 heavy (non-hydrogen) atoms. The summed E-state index contributed by atoms with van der Waals surface area (Å²) < 4.78 is 0. The third kappa shape index (κ3) is 0.797. The maximum absolute atomic E-state index is 10.4. The molecule has 2 aromatic heterocycles. The van der Waals surface area contributed by atoms with Crippen molar-refractivity contribution in [1.29, 1.82) is 0 Å². The molecule has 2 heterocycles. The Bertz CT molecular complexity index is 393. The van der Waals surface area contributed by atoms with Crippen LogP contribution in [0.15, 0.2) is 18.6 Å². The number of nitrogens with one attached hydrogen (secondary N) is 1. The predicted molar refractivity (Wildman–Crippen MR) is 39.3 cm³/mol. The van der Waals surface area contributed by atoms with Crippen LogP contribution in [0.2, 0.25) is 0 Å². The first-order valence-electron chi connectivity index (χ1n) is 3.15. The minimum atomic E-state index is 0.427. The number of hydrogen-bond acceptors (Lipinski definition) is 3. The standard InChI is InChI=1S/C7H5N3O/c11-3-6-5-1-2-8-7(5)10-4-9-6/h1-4H,(H,8,9,10). The fourth-order valence-electron chi connectivity index (χ4n) is 0.986. The van der Waals surface area contributed by atoms with Crippen LogP contribution in [-0.2, 0) is 0 Å². The van der Waals surface area contributed by atoms with Gasteiger partial charge >= 0.3 is 0 Å². The van der Waals surface area contributed by atoms with Gasteiger partial charge in [-0.2, -0.15) is 0 Å². The Labute approximate surface area is 62.3 Å². The molecule has 54 valence electrons. The lowest BCUT2D eigenvalue weighted by Gasteiger charge is -1.89. The predicted octanol–water partition coefficient (Wildman–Crippen LogP) is 0.770. The number of nitrogens with zero attached hydrogens (tertiary/aromatic N) is 2. The monoisotopic (exact) mass is 147 g/mol. The van der Waals surface area contributed by atoms with E-state index in [2.05, 4.69) is 15.0 Å². The number of hydrogen-bond donors (Lipinski definition) is 1. The van der Waals surface area contributed by atoms with E-state index in [0.717, 1.165) is 11.7 Å². The van der Waals surface area contributed by atoms with Crippen molar-refractivity contribution in [3.63, 3.8) is 0 Å². The van der Waals surface area contributed by atoms with E-state index in [1.165, 1.54) is 6.33 Å². The largest absolute Gasteiger partial charge is 0.346 e. The van der Waals surface area contributed by atoms with Gasteiger partial charge in [-0.15, -0.1) is 0 Å². The lowest BCUT2D eigenvalue weighted by Crippen LogP contribution is -1.88. The minimum Gasteiger partial charge on any atom is -0.346 e. The zero-order chi connectivity index (χ0) is 7.68. The molecule has 0 bridgehead atoms. The van der Waals surface area contributed by atoms with Crippen LogP contribution >= 0.6 is 0 Å². The molecule has 0 spiro atoms. The van der Waals surface area contributed by atoms with Gasteiger partial charge in [-0.3, -0.25) is 4.79 Å². The topological polar surface area (TPSA) is 58.6 Å². The number of carbonyl (C=O) groups excluding carboxylic acids is 1. The summed E-state index contributed by atoms with van der Waals surface area (Å²) in [6.45, 7) is 0. The van der Waals surface area contributed by atoms with Crippen molar-refractivity contribution in [2.45, 2.75) is 0 Å². The minimum absolute atomic E-state index is 0.427. The van der Waals surface area contributed by atoms with Crippen LogP contribution in [0.25, 0.3) is 11.0 Å². The van der Waals surface area contributed by atoms with E-state index in [9.17, 15) is 4.79 Å². The Hall–Kier alpha value is -1.71. The van der Waals surface area contributed by atoms with E-state index in [1.54, 1.807) is 12.3 Å². The van der Waals surface area contributed by atoms with E-state index in [-0.39, 0.29) is 0 Å². The lowest BCUT2D eigenvalue weighted by molar-refractivity contribution is 0.112. The van der Waals surface area contributed by atoms with Gasteiger partial charge in [-0.25, -0.2) is 9.97 Å². The molecule has 2 aromatic rings. The first-order chi connectivity index (χ1) is 5.42. The quantitative estimate of drug-likeness (QED) is 0.606. The molecule has 2 rings (SSSR count). The summed E-state index contributed by atoms with van der Waals surface area (Å²) in [5.41, 5.74) is 1.12. The Balaban J connectivity index is 2.88. The Kier molecular flexibility index (Phi) is 1.18. The number of fused-ring (bicyclic) bond motifs is 1. The van der Waals surface area contributed by atoms with Gasteiger partial charge in [0.2, 0.25) is 0 Å².